The second-order valence-corrected chi connectivity index (χ2v) is 17.1. The Morgan fingerprint density at radius 3 is 1.89 bits per heavy atom. The zero-order valence-electron chi connectivity index (χ0n) is 24.5. The summed E-state index contributed by atoms with van der Waals surface area (Å²) in [4.78, 5) is 3.16. The minimum absolute atomic E-state index is 0.114. The van der Waals surface area contributed by atoms with Crippen molar-refractivity contribution in [1.29, 1.82) is 0 Å². The van der Waals surface area contributed by atoms with Gasteiger partial charge in [0.2, 0.25) is 0 Å². The lowest BCUT2D eigenvalue weighted by Crippen LogP contribution is -2.44. The van der Waals surface area contributed by atoms with E-state index in [-0.39, 0.29) is 17.2 Å². The molecule has 0 unspecified atom stereocenters. The molecule has 0 saturated heterocycles. The first-order chi connectivity index (χ1) is 17.1. The van der Waals surface area contributed by atoms with Crippen molar-refractivity contribution in [3.05, 3.63) is 46.3 Å². The Hall–Kier alpha value is -1.33. The molecule has 0 aliphatic carbocycles. The average molecular weight is 518 g/mol. The van der Waals surface area contributed by atoms with Crippen LogP contribution in [0.25, 0.3) is 10.4 Å². The molecule has 0 radical (unpaired) electrons. The first-order valence-electron chi connectivity index (χ1n) is 14.4. The van der Waals surface area contributed by atoms with Crippen LogP contribution in [0.5, 0.6) is 0 Å². The zero-order chi connectivity index (χ0) is 26.9. The summed E-state index contributed by atoms with van der Waals surface area (Å²) in [6.07, 6.45) is 13.9. The molecular formula is C30H55N3O2Si. The maximum absolute atomic E-state index is 9.29. The maximum atomic E-state index is 9.29. The van der Waals surface area contributed by atoms with Gasteiger partial charge >= 0.3 is 0 Å². The number of azide groups is 1. The van der Waals surface area contributed by atoms with Gasteiger partial charge in [-0.25, -0.2) is 0 Å². The summed E-state index contributed by atoms with van der Waals surface area (Å²) in [5.74, 6) is 0.836. The van der Waals surface area contributed by atoms with Gasteiger partial charge in [0.1, 0.15) is 0 Å². The molecule has 0 fully saturated rings. The van der Waals surface area contributed by atoms with E-state index < -0.39 is 8.32 Å². The molecule has 2 atom stereocenters. The SMILES string of the molecule is CC(C)CCCCCCCCCCC[C@@H](OCc1ccccc1)[C@H](CO[Si](C)(C)C(C)(C)C)N=[N+]=[N-]. The third-order valence-electron chi connectivity index (χ3n) is 7.63. The van der Waals surface area contributed by atoms with Crippen LogP contribution in [-0.2, 0) is 15.8 Å². The molecule has 0 N–H and O–H groups in total. The van der Waals surface area contributed by atoms with E-state index >= 15 is 0 Å². The van der Waals surface area contributed by atoms with E-state index in [1.165, 1.54) is 57.8 Å². The molecule has 0 amide bonds. The number of rotatable bonds is 20. The average Bonchev–Trinajstić information content (AvgIpc) is 2.82. The van der Waals surface area contributed by atoms with Crippen molar-refractivity contribution in [3.63, 3.8) is 0 Å². The van der Waals surface area contributed by atoms with E-state index in [2.05, 4.69) is 69.9 Å². The molecule has 0 aliphatic rings. The van der Waals surface area contributed by atoms with E-state index in [4.69, 9.17) is 9.16 Å². The van der Waals surface area contributed by atoms with Crippen LogP contribution in [0.2, 0.25) is 18.1 Å². The lowest BCUT2D eigenvalue weighted by atomic mass is 10.0. The van der Waals surface area contributed by atoms with E-state index in [9.17, 15) is 5.53 Å². The smallest absolute Gasteiger partial charge is 0.191 e. The Balaban J connectivity index is 2.54. The Labute approximate surface area is 223 Å². The molecule has 0 aromatic heterocycles. The second kappa shape index (κ2) is 18.0. The second-order valence-electron chi connectivity index (χ2n) is 12.3. The number of nitrogens with zero attached hydrogens (tertiary/aromatic N) is 3. The van der Waals surface area contributed by atoms with Gasteiger partial charge in [-0.05, 0) is 41.6 Å². The lowest BCUT2D eigenvalue weighted by Gasteiger charge is -2.37. The van der Waals surface area contributed by atoms with Crippen LogP contribution in [0, 0.1) is 5.92 Å². The molecule has 0 bridgehead atoms. The Bertz CT molecular complexity index is 727. The van der Waals surface area contributed by atoms with Crippen molar-refractivity contribution in [2.45, 2.75) is 142 Å². The fourth-order valence-corrected chi connectivity index (χ4v) is 5.11. The van der Waals surface area contributed by atoms with E-state index in [0.29, 0.717) is 13.2 Å². The van der Waals surface area contributed by atoms with Gasteiger partial charge in [0.05, 0.1) is 18.8 Å². The summed E-state index contributed by atoms with van der Waals surface area (Å²) in [5.41, 5.74) is 10.4. The Morgan fingerprint density at radius 2 is 1.39 bits per heavy atom. The van der Waals surface area contributed by atoms with Gasteiger partial charge in [0.15, 0.2) is 8.32 Å². The van der Waals surface area contributed by atoms with Crippen molar-refractivity contribution in [1.82, 2.24) is 0 Å². The number of ether oxygens (including phenoxy) is 1. The Kier molecular flexibility index (Phi) is 16.4. The summed E-state index contributed by atoms with van der Waals surface area (Å²) < 4.78 is 12.8. The van der Waals surface area contributed by atoms with Gasteiger partial charge in [0, 0.05) is 11.5 Å². The molecule has 36 heavy (non-hydrogen) atoms. The zero-order valence-corrected chi connectivity index (χ0v) is 25.5. The standard InChI is InChI=1S/C30H55N3O2Si/c1-26(2)20-16-13-11-9-8-10-12-14-19-23-29(34-24-27-21-17-15-18-22-27)28(32-33-31)25-35-36(6,7)30(3,4)5/h15,17-18,21-22,26,28-29H,8-14,16,19-20,23-25H2,1-7H3/t28-,29+/m0/s1. The predicted molar refractivity (Wildman–Crippen MR) is 157 cm³/mol. The molecule has 206 valence electrons. The highest BCUT2D eigenvalue weighted by atomic mass is 28.4. The van der Waals surface area contributed by atoms with Crippen molar-refractivity contribution in [3.8, 4) is 0 Å². The quantitative estimate of drug-likeness (QED) is 0.0567. The highest BCUT2D eigenvalue weighted by molar-refractivity contribution is 6.74. The van der Waals surface area contributed by atoms with Crippen LogP contribution in [0.4, 0.5) is 0 Å². The highest BCUT2D eigenvalue weighted by Crippen LogP contribution is 2.37. The molecule has 0 aliphatic heterocycles. The van der Waals surface area contributed by atoms with Crippen molar-refractivity contribution < 1.29 is 9.16 Å². The molecule has 0 spiro atoms. The van der Waals surface area contributed by atoms with Crippen molar-refractivity contribution >= 4 is 8.32 Å². The Morgan fingerprint density at radius 1 is 0.861 bits per heavy atom. The van der Waals surface area contributed by atoms with Gasteiger partial charge < -0.3 is 9.16 Å². The van der Waals surface area contributed by atoms with Crippen LogP contribution in [0.1, 0.15) is 111 Å². The number of unbranched alkanes of at least 4 members (excludes halogenated alkanes) is 8. The molecule has 5 nitrogen and oxygen atoms in total. The van der Waals surface area contributed by atoms with E-state index in [1.807, 2.05) is 18.2 Å². The maximum Gasteiger partial charge on any atom is 0.191 e. The van der Waals surface area contributed by atoms with Gasteiger partial charge in [0.25, 0.3) is 0 Å². The third-order valence-corrected chi connectivity index (χ3v) is 12.1. The fraction of sp³-hybridized carbons (Fsp3) is 0.800. The van der Waals surface area contributed by atoms with Crippen molar-refractivity contribution in [2.75, 3.05) is 6.61 Å². The van der Waals surface area contributed by atoms with Gasteiger partial charge in [-0.1, -0.05) is 134 Å². The first-order valence-corrected chi connectivity index (χ1v) is 17.3. The van der Waals surface area contributed by atoms with Gasteiger partial charge in [-0.15, -0.1) is 0 Å². The normalized spacial score (nSPS) is 14.0. The molecule has 1 aromatic rings. The summed E-state index contributed by atoms with van der Waals surface area (Å²) in [6, 6.07) is 9.93. The summed E-state index contributed by atoms with van der Waals surface area (Å²) in [6.45, 7) is 16.8. The number of hydrogen-bond acceptors (Lipinski definition) is 3. The molecule has 0 saturated carbocycles. The van der Waals surface area contributed by atoms with Crippen LogP contribution in [0.15, 0.2) is 35.4 Å². The monoisotopic (exact) mass is 517 g/mol. The van der Waals surface area contributed by atoms with Crippen LogP contribution in [-0.4, -0.2) is 27.1 Å². The van der Waals surface area contributed by atoms with Gasteiger partial charge in [-0.2, -0.15) is 0 Å². The van der Waals surface area contributed by atoms with Crippen LogP contribution < -0.4 is 0 Å². The molecular weight excluding hydrogens is 462 g/mol. The minimum Gasteiger partial charge on any atom is -0.416 e. The van der Waals surface area contributed by atoms with Crippen LogP contribution in [0.3, 0.4) is 0 Å². The lowest BCUT2D eigenvalue weighted by molar-refractivity contribution is 0.00535. The van der Waals surface area contributed by atoms with Crippen molar-refractivity contribution in [2.24, 2.45) is 11.0 Å². The predicted octanol–water partition coefficient (Wildman–Crippen LogP) is 10.2. The van der Waals surface area contributed by atoms with Crippen LogP contribution >= 0.6 is 0 Å². The summed E-state index contributed by atoms with van der Waals surface area (Å²) in [5, 5.41) is 4.26. The largest absolute Gasteiger partial charge is 0.416 e. The molecule has 1 rings (SSSR count). The molecule has 0 heterocycles. The summed E-state index contributed by atoms with van der Waals surface area (Å²) in [7, 11) is -1.94. The third kappa shape index (κ3) is 14.4. The fourth-order valence-electron chi connectivity index (χ4n) is 4.09. The molecule has 6 heteroatoms. The number of hydrogen-bond donors (Lipinski definition) is 0. The van der Waals surface area contributed by atoms with Gasteiger partial charge in [-0.3, -0.25) is 0 Å². The summed E-state index contributed by atoms with van der Waals surface area (Å²) >= 11 is 0. The topological polar surface area (TPSA) is 67.2 Å². The minimum atomic E-state index is -1.94. The number of benzene rings is 1. The highest BCUT2D eigenvalue weighted by Gasteiger charge is 2.38. The van der Waals surface area contributed by atoms with E-state index in [1.54, 1.807) is 0 Å². The molecule has 1 aromatic carbocycles. The van der Waals surface area contributed by atoms with E-state index in [0.717, 1.165) is 24.3 Å². The first kappa shape index (κ1) is 32.7.